The molecule has 1 rings (SSSR count). The number of unbranched alkanes of at least 4 members (excludes halogenated alkanes) is 3. The van der Waals surface area contributed by atoms with Crippen molar-refractivity contribution in [1.82, 2.24) is 4.90 Å². The molecule has 0 saturated heterocycles. The molecule has 32 heavy (non-hydrogen) atoms. The molecule has 4 heteroatoms. The molecule has 0 spiro atoms. The van der Waals surface area contributed by atoms with E-state index in [0.29, 0.717) is 12.5 Å². The van der Waals surface area contributed by atoms with Crippen molar-refractivity contribution in [2.75, 3.05) is 26.2 Å². The summed E-state index contributed by atoms with van der Waals surface area (Å²) < 4.78 is 5.55. The minimum Gasteiger partial charge on any atom is -0.462 e. The number of likely N-dealkylation sites (N-methyl/N-ethyl adjacent to an activating group) is 1. The normalized spacial score (nSPS) is 15.4. The molecule has 0 heterocycles. The SMILES string of the molecule is CCCCCCC(C)c1cccc(CCC(C)(CC)C(=O)OCC(O)CN(CC)CC)c1. The number of aliphatic hydroxyl groups is 1. The Morgan fingerprint density at radius 2 is 1.84 bits per heavy atom. The van der Waals surface area contributed by atoms with E-state index >= 15 is 0 Å². The summed E-state index contributed by atoms with van der Waals surface area (Å²) in [6.45, 7) is 15.1. The molecule has 0 fully saturated rings. The molecule has 0 radical (unpaired) electrons. The van der Waals surface area contributed by atoms with Crippen LogP contribution in [0.2, 0.25) is 0 Å². The van der Waals surface area contributed by atoms with Gasteiger partial charge in [-0.2, -0.15) is 0 Å². The molecule has 3 atom stereocenters. The molecule has 4 nitrogen and oxygen atoms in total. The van der Waals surface area contributed by atoms with E-state index in [1.54, 1.807) is 0 Å². The molecule has 1 aromatic rings. The topological polar surface area (TPSA) is 49.8 Å². The van der Waals surface area contributed by atoms with Crippen LogP contribution in [0.1, 0.15) is 104 Å². The van der Waals surface area contributed by atoms with E-state index in [1.165, 1.54) is 43.2 Å². The first kappa shape index (κ1) is 28.6. The van der Waals surface area contributed by atoms with Crippen molar-refractivity contribution in [3.63, 3.8) is 0 Å². The molecule has 0 aliphatic carbocycles. The number of hydrogen-bond acceptors (Lipinski definition) is 4. The van der Waals surface area contributed by atoms with Crippen LogP contribution in [0.25, 0.3) is 0 Å². The van der Waals surface area contributed by atoms with Crippen molar-refractivity contribution in [1.29, 1.82) is 0 Å². The lowest BCUT2D eigenvalue weighted by molar-refractivity contribution is -0.159. The van der Waals surface area contributed by atoms with Crippen LogP contribution in [0.4, 0.5) is 0 Å². The fourth-order valence-electron chi connectivity index (χ4n) is 4.12. The Morgan fingerprint density at radius 3 is 2.47 bits per heavy atom. The van der Waals surface area contributed by atoms with E-state index in [-0.39, 0.29) is 12.6 Å². The summed E-state index contributed by atoms with van der Waals surface area (Å²) in [4.78, 5) is 15.0. The first-order valence-electron chi connectivity index (χ1n) is 13.0. The molecular formula is C28H49NO3. The third-order valence-corrected chi connectivity index (χ3v) is 7.02. The van der Waals surface area contributed by atoms with Crippen LogP contribution in [0, 0.1) is 5.41 Å². The average Bonchev–Trinajstić information content (AvgIpc) is 2.82. The van der Waals surface area contributed by atoms with Gasteiger partial charge in [0.1, 0.15) is 12.7 Å². The number of ether oxygens (including phenoxy) is 1. The third kappa shape index (κ3) is 10.0. The van der Waals surface area contributed by atoms with Crippen LogP contribution in [-0.4, -0.2) is 48.3 Å². The van der Waals surface area contributed by atoms with E-state index in [9.17, 15) is 9.90 Å². The smallest absolute Gasteiger partial charge is 0.311 e. The lowest BCUT2D eigenvalue weighted by Crippen LogP contribution is -2.37. The van der Waals surface area contributed by atoms with Crippen molar-refractivity contribution in [2.45, 2.75) is 105 Å². The van der Waals surface area contributed by atoms with Gasteiger partial charge in [0.2, 0.25) is 0 Å². The minimum atomic E-state index is -0.643. The summed E-state index contributed by atoms with van der Waals surface area (Å²) in [6, 6.07) is 8.87. The van der Waals surface area contributed by atoms with Crippen molar-refractivity contribution in [3.8, 4) is 0 Å². The number of esters is 1. The highest BCUT2D eigenvalue weighted by Gasteiger charge is 2.33. The lowest BCUT2D eigenvalue weighted by Gasteiger charge is -2.27. The predicted octanol–water partition coefficient (Wildman–Crippen LogP) is 6.36. The molecular weight excluding hydrogens is 398 g/mol. The molecule has 0 aliphatic rings. The summed E-state index contributed by atoms with van der Waals surface area (Å²) in [5.74, 6) is 0.376. The van der Waals surface area contributed by atoms with Gasteiger partial charge in [0.05, 0.1) is 5.41 Å². The summed E-state index contributed by atoms with van der Waals surface area (Å²) >= 11 is 0. The standard InChI is InChI=1S/C28H49NO3/c1-7-11-12-13-15-23(5)25-17-14-16-24(20-25)18-19-28(6,8-2)27(31)32-22-26(30)21-29(9-3)10-4/h14,16-17,20,23,26,30H,7-13,15,18-19,21-22H2,1-6H3. The number of nitrogens with zero attached hydrogens (tertiary/aromatic N) is 1. The Labute approximate surface area is 197 Å². The number of benzene rings is 1. The summed E-state index contributed by atoms with van der Waals surface area (Å²) in [7, 11) is 0. The largest absolute Gasteiger partial charge is 0.462 e. The third-order valence-electron chi connectivity index (χ3n) is 7.02. The van der Waals surface area contributed by atoms with Gasteiger partial charge in [0.25, 0.3) is 0 Å². The van der Waals surface area contributed by atoms with Gasteiger partial charge in [0.15, 0.2) is 0 Å². The van der Waals surface area contributed by atoms with Crippen molar-refractivity contribution in [2.24, 2.45) is 5.41 Å². The Balaban J connectivity index is 2.60. The van der Waals surface area contributed by atoms with Crippen LogP contribution >= 0.6 is 0 Å². The van der Waals surface area contributed by atoms with E-state index < -0.39 is 11.5 Å². The molecule has 184 valence electrons. The number of hydrogen-bond donors (Lipinski definition) is 1. The maximum atomic E-state index is 12.8. The molecule has 0 amide bonds. The fourth-order valence-corrected chi connectivity index (χ4v) is 4.12. The van der Waals surface area contributed by atoms with Gasteiger partial charge < -0.3 is 14.7 Å². The van der Waals surface area contributed by atoms with Crippen LogP contribution < -0.4 is 0 Å². The second-order valence-corrected chi connectivity index (χ2v) is 9.65. The van der Waals surface area contributed by atoms with Crippen LogP contribution in [0.3, 0.4) is 0 Å². The van der Waals surface area contributed by atoms with Crippen LogP contribution in [0.5, 0.6) is 0 Å². The van der Waals surface area contributed by atoms with Gasteiger partial charge in [-0.15, -0.1) is 0 Å². The number of carbonyl (C=O) groups is 1. The molecule has 0 saturated carbocycles. The van der Waals surface area contributed by atoms with Crippen molar-refractivity contribution >= 4 is 5.97 Å². The zero-order chi connectivity index (χ0) is 24.0. The zero-order valence-electron chi connectivity index (χ0n) is 21.7. The molecule has 3 unspecified atom stereocenters. The first-order valence-corrected chi connectivity index (χ1v) is 13.0. The zero-order valence-corrected chi connectivity index (χ0v) is 21.7. The van der Waals surface area contributed by atoms with Gasteiger partial charge in [-0.25, -0.2) is 0 Å². The monoisotopic (exact) mass is 447 g/mol. The van der Waals surface area contributed by atoms with Gasteiger partial charge in [-0.3, -0.25) is 4.79 Å². The number of aliphatic hydroxyl groups excluding tert-OH is 1. The van der Waals surface area contributed by atoms with E-state index in [1.807, 2.05) is 13.8 Å². The van der Waals surface area contributed by atoms with Crippen LogP contribution in [0.15, 0.2) is 24.3 Å². The second kappa shape index (κ2) is 15.4. The van der Waals surface area contributed by atoms with Gasteiger partial charge in [-0.1, -0.05) is 84.6 Å². The number of rotatable bonds is 17. The Kier molecular flexibility index (Phi) is 13.8. The fraction of sp³-hybridized carbons (Fsp3) is 0.750. The second-order valence-electron chi connectivity index (χ2n) is 9.65. The molecule has 1 N–H and O–H groups in total. The highest BCUT2D eigenvalue weighted by atomic mass is 16.5. The van der Waals surface area contributed by atoms with Gasteiger partial charge in [0, 0.05) is 6.54 Å². The molecule has 1 aromatic carbocycles. The minimum absolute atomic E-state index is 0.0654. The summed E-state index contributed by atoms with van der Waals surface area (Å²) in [5.41, 5.74) is 2.16. The summed E-state index contributed by atoms with van der Waals surface area (Å²) in [5, 5.41) is 10.2. The molecule has 0 bridgehead atoms. The lowest BCUT2D eigenvalue weighted by atomic mass is 9.81. The van der Waals surface area contributed by atoms with E-state index in [2.05, 4.69) is 56.9 Å². The molecule has 0 aromatic heterocycles. The van der Waals surface area contributed by atoms with Crippen molar-refractivity contribution < 1.29 is 14.6 Å². The maximum absolute atomic E-state index is 12.8. The highest BCUT2D eigenvalue weighted by Crippen LogP contribution is 2.30. The quantitative estimate of drug-likeness (QED) is 0.223. The Morgan fingerprint density at radius 1 is 1.12 bits per heavy atom. The van der Waals surface area contributed by atoms with E-state index in [4.69, 9.17) is 4.74 Å². The maximum Gasteiger partial charge on any atom is 0.311 e. The number of carbonyl (C=O) groups excluding carboxylic acids is 1. The highest BCUT2D eigenvalue weighted by molar-refractivity contribution is 5.76. The van der Waals surface area contributed by atoms with Crippen molar-refractivity contribution in [3.05, 3.63) is 35.4 Å². The van der Waals surface area contributed by atoms with E-state index in [0.717, 1.165) is 32.4 Å². The van der Waals surface area contributed by atoms with Gasteiger partial charge >= 0.3 is 5.97 Å². The first-order chi connectivity index (χ1) is 15.3. The Hall–Kier alpha value is -1.39. The Bertz CT molecular complexity index is 643. The summed E-state index contributed by atoms with van der Waals surface area (Å²) in [6.07, 6.45) is 8.14. The predicted molar refractivity (Wildman–Crippen MR) is 135 cm³/mol. The number of aryl methyl sites for hydroxylation is 1. The van der Waals surface area contributed by atoms with Gasteiger partial charge in [-0.05, 0) is 62.7 Å². The molecule has 0 aliphatic heterocycles. The van der Waals surface area contributed by atoms with Crippen LogP contribution in [-0.2, 0) is 16.0 Å². The average molecular weight is 448 g/mol.